The number of carbonyl (C=O) groups is 2. The van der Waals surface area contributed by atoms with Crippen molar-refractivity contribution in [2.75, 3.05) is 18.0 Å². The fraction of sp³-hybridized carbons (Fsp3) is 0.429. The molecule has 0 atom stereocenters. The summed E-state index contributed by atoms with van der Waals surface area (Å²) in [6.07, 6.45) is 1.10. The van der Waals surface area contributed by atoms with Crippen molar-refractivity contribution in [3.8, 4) is 0 Å². The number of hydrogen-bond donors (Lipinski definition) is 2. The number of hydrogen-bond acceptors (Lipinski definition) is 3. The van der Waals surface area contributed by atoms with E-state index in [0.29, 0.717) is 31.5 Å². The standard InChI is InChI=1S/C14H17BrN2O3/c1-14(13(19)20)4-6-17(7-5-14)11-3-2-9(15)8-10(11)12(16)18/h2-3,8H,4-7H2,1H3,(H2,16,18)(H,19,20). The molecule has 5 nitrogen and oxygen atoms in total. The normalized spacial score (nSPS) is 17.8. The lowest BCUT2D eigenvalue weighted by atomic mass is 9.80. The number of carboxylic acid groups (broad SMARTS) is 1. The molecule has 0 saturated carbocycles. The number of benzene rings is 1. The molecule has 3 N–H and O–H groups in total. The first-order valence-corrected chi connectivity index (χ1v) is 7.20. The van der Waals surface area contributed by atoms with Gasteiger partial charge in [-0.2, -0.15) is 0 Å². The molecule has 0 bridgehead atoms. The summed E-state index contributed by atoms with van der Waals surface area (Å²) in [5, 5.41) is 9.23. The summed E-state index contributed by atoms with van der Waals surface area (Å²) in [4.78, 5) is 24.8. The van der Waals surface area contributed by atoms with Crippen LogP contribution in [0, 0.1) is 5.41 Å². The Morgan fingerprint density at radius 3 is 2.45 bits per heavy atom. The lowest BCUT2D eigenvalue weighted by molar-refractivity contribution is -0.149. The number of anilines is 1. The number of piperidine rings is 1. The second-order valence-electron chi connectivity index (χ2n) is 5.38. The summed E-state index contributed by atoms with van der Waals surface area (Å²) in [5.74, 6) is -1.24. The van der Waals surface area contributed by atoms with Crippen LogP contribution >= 0.6 is 15.9 Å². The van der Waals surface area contributed by atoms with Gasteiger partial charge < -0.3 is 15.7 Å². The largest absolute Gasteiger partial charge is 0.481 e. The topological polar surface area (TPSA) is 83.6 Å². The van der Waals surface area contributed by atoms with Gasteiger partial charge in [-0.1, -0.05) is 15.9 Å². The van der Waals surface area contributed by atoms with Crippen LogP contribution in [0.15, 0.2) is 22.7 Å². The number of nitrogens with two attached hydrogens (primary N) is 1. The predicted molar refractivity (Wildman–Crippen MR) is 79.8 cm³/mol. The van der Waals surface area contributed by atoms with Gasteiger partial charge in [0, 0.05) is 23.2 Å². The SMILES string of the molecule is CC1(C(=O)O)CCN(c2ccc(Br)cc2C(N)=O)CC1. The van der Waals surface area contributed by atoms with Gasteiger partial charge in [0.05, 0.1) is 11.0 Å². The Kier molecular flexibility index (Phi) is 4.04. The van der Waals surface area contributed by atoms with Crippen LogP contribution in [0.25, 0.3) is 0 Å². The van der Waals surface area contributed by atoms with Gasteiger partial charge in [0.1, 0.15) is 0 Å². The van der Waals surface area contributed by atoms with Gasteiger partial charge in [-0.15, -0.1) is 0 Å². The molecule has 0 radical (unpaired) electrons. The van der Waals surface area contributed by atoms with E-state index >= 15 is 0 Å². The molecule has 1 fully saturated rings. The van der Waals surface area contributed by atoms with E-state index in [9.17, 15) is 14.7 Å². The van der Waals surface area contributed by atoms with Gasteiger partial charge in [0.25, 0.3) is 5.91 Å². The molecule has 1 amide bonds. The number of halogens is 1. The molecule has 108 valence electrons. The molecule has 1 aromatic carbocycles. The number of carbonyl (C=O) groups excluding carboxylic acids is 1. The summed E-state index contributed by atoms with van der Waals surface area (Å²) < 4.78 is 0.794. The molecule has 0 unspecified atom stereocenters. The summed E-state index contributed by atoms with van der Waals surface area (Å²) in [7, 11) is 0. The highest BCUT2D eigenvalue weighted by Crippen LogP contribution is 2.34. The van der Waals surface area contributed by atoms with E-state index in [4.69, 9.17) is 5.73 Å². The van der Waals surface area contributed by atoms with E-state index < -0.39 is 17.3 Å². The molecular weight excluding hydrogens is 324 g/mol. The maximum atomic E-state index is 11.5. The van der Waals surface area contributed by atoms with Crippen molar-refractivity contribution in [3.63, 3.8) is 0 Å². The Balaban J connectivity index is 2.23. The number of nitrogens with zero attached hydrogens (tertiary/aromatic N) is 1. The molecule has 1 aliphatic rings. The molecule has 1 aromatic rings. The van der Waals surface area contributed by atoms with E-state index in [1.165, 1.54) is 0 Å². The number of amides is 1. The van der Waals surface area contributed by atoms with Gasteiger partial charge in [-0.3, -0.25) is 9.59 Å². The fourth-order valence-electron chi connectivity index (χ4n) is 2.44. The van der Waals surface area contributed by atoms with Crippen molar-refractivity contribution >= 4 is 33.5 Å². The minimum absolute atomic E-state index is 0.457. The van der Waals surface area contributed by atoms with Crippen molar-refractivity contribution in [1.29, 1.82) is 0 Å². The lowest BCUT2D eigenvalue weighted by Crippen LogP contribution is -2.43. The van der Waals surface area contributed by atoms with Crippen molar-refractivity contribution in [2.45, 2.75) is 19.8 Å². The van der Waals surface area contributed by atoms with Crippen molar-refractivity contribution in [1.82, 2.24) is 0 Å². The molecular formula is C14H17BrN2O3. The number of carboxylic acids is 1. The van der Waals surface area contributed by atoms with Gasteiger partial charge in [-0.25, -0.2) is 0 Å². The molecule has 0 aliphatic carbocycles. The molecule has 0 spiro atoms. The van der Waals surface area contributed by atoms with E-state index in [0.717, 1.165) is 10.2 Å². The Morgan fingerprint density at radius 2 is 1.95 bits per heavy atom. The van der Waals surface area contributed by atoms with E-state index in [2.05, 4.69) is 15.9 Å². The van der Waals surface area contributed by atoms with Crippen LogP contribution in [0.2, 0.25) is 0 Å². The van der Waals surface area contributed by atoms with E-state index in [1.807, 2.05) is 17.0 Å². The maximum Gasteiger partial charge on any atom is 0.309 e. The molecule has 2 rings (SSSR count). The van der Waals surface area contributed by atoms with E-state index in [-0.39, 0.29) is 0 Å². The first-order valence-electron chi connectivity index (χ1n) is 6.41. The summed E-state index contributed by atoms with van der Waals surface area (Å²) in [6.45, 7) is 2.97. The lowest BCUT2D eigenvalue weighted by Gasteiger charge is -2.38. The molecule has 6 heteroatoms. The average molecular weight is 341 g/mol. The zero-order valence-electron chi connectivity index (χ0n) is 11.2. The van der Waals surface area contributed by atoms with Gasteiger partial charge in [-0.05, 0) is 38.0 Å². The Morgan fingerprint density at radius 1 is 1.35 bits per heavy atom. The maximum absolute atomic E-state index is 11.5. The zero-order chi connectivity index (χ0) is 14.9. The minimum atomic E-state index is -0.761. The molecule has 1 saturated heterocycles. The minimum Gasteiger partial charge on any atom is -0.481 e. The van der Waals surface area contributed by atoms with Crippen LogP contribution in [-0.2, 0) is 4.79 Å². The van der Waals surface area contributed by atoms with Crippen LogP contribution < -0.4 is 10.6 Å². The van der Waals surface area contributed by atoms with Crippen LogP contribution in [0.5, 0.6) is 0 Å². The first kappa shape index (κ1) is 14.8. The zero-order valence-corrected chi connectivity index (χ0v) is 12.8. The van der Waals surface area contributed by atoms with Gasteiger partial charge >= 0.3 is 5.97 Å². The summed E-state index contributed by atoms with van der Waals surface area (Å²) in [5.41, 5.74) is 5.96. The fourth-order valence-corrected chi connectivity index (χ4v) is 2.80. The Bertz CT molecular complexity index is 551. The van der Waals surface area contributed by atoms with Gasteiger partial charge in [0.2, 0.25) is 0 Å². The smallest absolute Gasteiger partial charge is 0.309 e. The molecule has 0 aromatic heterocycles. The molecule has 1 aliphatic heterocycles. The second-order valence-corrected chi connectivity index (χ2v) is 6.29. The van der Waals surface area contributed by atoms with Crippen LogP contribution in [0.3, 0.4) is 0 Å². The highest BCUT2D eigenvalue weighted by atomic mass is 79.9. The highest BCUT2D eigenvalue weighted by molar-refractivity contribution is 9.10. The molecule has 20 heavy (non-hydrogen) atoms. The highest BCUT2D eigenvalue weighted by Gasteiger charge is 2.37. The van der Waals surface area contributed by atoms with Crippen molar-refractivity contribution in [2.24, 2.45) is 11.1 Å². The van der Waals surface area contributed by atoms with Gasteiger partial charge in [0.15, 0.2) is 0 Å². The van der Waals surface area contributed by atoms with Crippen molar-refractivity contribution < 1.29 is 14.7 Å². The first-order chi connectivity index (χ1) is 9.33. The second kappa shape index (κ2) is 5.44. The van der Waals surface area contributed by atoms with Crippen molar-refractivity contribution in [3.05, 3.63) is 28.2 Å². The number of aliphatic carboxylic acids is 1. The summed E-state index contributed by atoms with van der Waals surface area (Å²) >= 11 is 3.32. The number of primary amides is 1. The third-order valence-corrected chi connectivity index (χ3v) is 4.44. The van der Waals surface area contributed by atoms with Crippen LogP contribution in [-0.4, -0.2) is 30.1 Å². The quantitative estimate of drug-likeness (QED) is 0.883. The monoisotopic (exact) mass is 340 g/mol. The number of rotatable bonds is 3. The average Bonchev–Trinajstić information content (AvgIpc) is 2.39. The predicted octanol–water partition coefficient (Wildman–Crippen LogP) is 2.24. The summed E-state index contributed by atoms with van der Waals surface area (Å²) in [6, 6.07) is 5.39. The van der Waals surface area contributed by atoms with E-state index in [1.54, 1.807) is 13.0 Å². The third kappa shape index (κ3) is 2.80. The molecule has 1 heterocycles. The Labute approximate surface area is 125 Å². The van der Waals surface area contributed by atoms with Crippen LogP contribution in [0.4, 0.5) is 5.69 Å². The Hall–Kier alpha value is -1.56. The van der Waals surface area contributed by atoms with Crippen LogP contribution in [0.1, 0.15) is 30.1 Å². The third-order valence-electron chi connectivity index (χ3n) is 3.95.